The molecule has 4 rings (SSSR count). The van der Waals surface area contributed by atoms with Gasteiger partial charge in [0.15, 0.2) is 0 Å². The van der Waals surface area contributed by atoms with E-state index in [2.05, 4.69) is 13.2 Å². The van der Waals surface area contributed by atoms with Crippen molar-refractivity contribution in [1.29, 1.82) is 0 Å². The third kappa shape index (κ3) is 4.55. The quantitative estimate of drug-likeness (QED) is 0.229. The molecule has 37 heavy (non-hydrogen) atoms. The first kappa shape index (κ1) is 25.2. The third-order valence-electron chi connectivity index (χ3n) is 6.15. The first-order valence-corrected chi connectivity index (χ1v) is 11.6. The van der Waals surface area contributed by atoms with Gasteiger partial charge in [-0.1, -0.05) is 116 Å². The number of hydrogen-bond acceptors (Lipinski definition) is 5. The van der Waals surface area contributed by atoms with Gasteiger partial charge in [0, 0.05) is 34.4 Å². The molecule has 0 saturated heterocycles. The van der Waals surface area contributed by atoms with E-state index < -0.39 is 23.1 Å². The number of ether oxygens (including phenoxy) is 2. The topological polar surface area (TPSA) is 72.8 Å². The monoisotopic (exact) mass is 490 g/mol. The molecule has 4 aromatic carbocycles. The molecule has 0 saturated carbocycles. The van der Waals surface area contributed by atoms with E-state index in [0.29, 0.717) is 22.3 Å². The van der Waals surface area contributed by atoms with Gasteiger partial charge in [-0.05, 0) is 12.1 Å². The molecular formula is C32H26O5. The largest absolute Gasteiger partial charge is 0.508 e. The van der Waals surface area contributed by atoms with Crippen molar-refractivity contribution >= 4 is 11.9 Å². The highest BCUT2D eigenvalue weighted by Crippen LogP contribution is 2.55. The molecule has 0 spiro atoms. The fourth-order valence-electron chi connectivity index (χ4n) is 4.63. The lowest BCUT2D eigenvalue weighted by molar-refractivity contribution is -0.195. The van der Waals surface area contributed by atoms with Crippen LogP contribution in [0.2, 0.25) is 0 Å². The van der Waals surface area contributed by atoms with Gasteiger partial charge in [0.1, 0.15) is 5.75 Å². The summed E-state index contributed by atoms with van der Waals surface area (Å²) in [5.41, 5.74) is -1.43. The summed E-state index contributed by atoms with van der Waals surface area (Å²) >= 11 is 0. The van der Waals surface area contributed by atoms with Crippen molar-refractivity contribution < 1.29 is 24.2 Å². The Bertz CT molecular complexity index is 1340. The highest BCUT2D eigenvalue weighted by atomic mass is 16.6. The summed E-state index contributed by atoms with van der Waals surface area (Å²) in [5.74, 6) is -1.43. The lowest BCUT2D eigenvalue weighted by atomic mass is 9.65. The van der Waals surface area contributed by atoms with Crippen LogP contribution in [0, 0.1) is 0 Å². The number of phenolic OH excluding ortho intramolecular Hbond substituents is 1. The van der Waals surface area contributed by atoms with Gasteiger partial charge < -0.3 is 14.6 Å². The standard InChI is InChI=1S/C32H26O5/c1-3-29(34)36-31(24-14-8-5-9-15-24,25-16-10-6-11-17-25)32(37-30(35)4-2,26-18-12-7-13-19-26)27-20-22-28(33)23-21-27/h3-23,33H,1-2H2. The predicted octanol–water partition coefficient (Wildman–Crippen LogP) is 6.04. The van der Waals surface area contributed by atoms with E-state index in [-0.39, 0.29) is 5.75 Å². The van der Waals surface area contributed by atoms with Crippen molar-refractivity contribution in [1.82, 2.24) is 0 Å². The molecule has 5 heteroatoms. The molecule has 0 heterocycles. The Morgan fingerprint density at radius 3 is 1.14 bits per heavy atom. The van der Waals surface area contributed by atoms with Crippen molar-refractivity contribution in [2.75, 3.05) is 0 Å². The predicted molar refractivity (Wildman–Crippen MR) is 142 cm³/mol. The van der Waals surface area contributed by atoms with Crippen LogP contribution in [0.15, 0.2) is 141 Å². The van der Waals surface area contributed by atoms with Crippen molar-refractivity contribution in [3.05, 3.63) is 163 Å². The van der Waals surface area contributed by atoms with E-state index >= 15 is 0 Å². The molecule has 1 unspecified atom stereocenters. The van der Waals surface area contributed by atoms with E-state index in [9.17, 15) is 14.7 Å². The van der Waals surface area contributed by atoms with Crippen molar-refractivity contribution in [2.24, 2.45) is 0 Å². The Kier molecular flexibility index (Phi) is 7.35. The van der Waals surface area contributed by atoms with Gasteiger partial charge in [-0.3, -0.25) is 0 Å². The number of hydrogen-bond donors (Lipinski definition) is 1. The fraction of sp³-hybridized carbons (Fsp3) is 0.0625. The molecule has 0 aliphatic rings. The summed E-state index contributed by atoms with van der Waals surface area (Å²) in [4.78, 5) is 26.3. The van der Waals surface area contributed by atoms with Crippen LogP contribution in [-0.2, 0) is 30.3 Å². The first-order valence-electron chi connectivity index (χ1n) is 11.6. The zero-order valence-corrected chi connectivity index (χ0v) is 20.1. The van der Waals surface area contributed by atoms with Gasteiger partial charge in [-0.2, -0.15) is 0 Å². The lowest BCUT2D eigenvalue weighted by Gasteiger charge is -2.49. The number of carbonyl (C=O) groups excluding carboxylic acids is 2. The molecular weight excluding hydrogens is 464 g/mol. The van der Waals surface area contributed by atoms with E-state index in [4.69, 9.17) is 9.47 Å². The van der Waals surface area contributed by atoms with Crippen molar-refractivity contribution in [3.8, 4) is 5.75 Å². The maximum atomic E-state index is 13.2. The molecule has 0 aliphatic heterocycles. The highest BCUT2D eigenvalue weighted by Gasteiger charge is 2.62. The second kappa shape index (κ2) is 10.8. The van der Waals surface area contributed by atoms with Crippen LogP contribution in [0.5, 0.6) is 5.75 Å². The van der Waals surface area contributed by atoms with Crippen LogP contribution >= 0.6 is 0 Å². The summed E-state index contributed by atoms with van der Waals surface area (Å²) in [6.45, 7) is 7.23. The zero-order valence-electron chi connectivity index (χ0n) is 20.1. The Hall–Kier alpha value is -4.90. The van der Waals surface area contributed by atoms with Crippen molar-refractivity contribution in [2.45, 2.75) is 11.2 Å². The minimum absolute atomic E-state index is 0.0221. The molecule has 0 aromatic heterocycles. The maximum absolute atomic E-state index is 13.2. The number of esters is 2. The molecule has 0 bridgehead atoms. The Balaban J connectivity index is 2.28. The van der Waals surface area contributed by atoms with Crippen molar-refractivity contribution in [3.63, 3.8) is 0 Å². The number of rotatable bonds is 9. The van der Waals surface area contributed by atoms with E-state index in [1.165, 1.54) is 12.1 Å². The first-order chi connectivity index (χ1) is 18.0. The molecule has 4 aromatic rings. The summed E-state index contributed by atoms with van der Waals surface area (Å²) in [7, 11) is 0. The number of benzene rings is 4. The van der Waals surface area contributed by atoms with Crippen LogP contribution in [-0.4, -0.2) is 17.0 Å². The van der Waals surface area contributed by atoms with Gasteiger partial charge in [0.25, 0.3) is 0 Å². The van der Waals surface area contributed by atoms with E-state index in [0.717, 1.165) is 12.2 Å². The average Bonchev–Trinajstić information content (AvgIpc) is 2.96. The minimum Gasteiger partial charge on any atom is -0.508 e. The fourth-order valence-corrected chi connectivity index (χ4v) is 4.63. The molecule has 5 nitrogen and oxygen atoms in total. The van der Waals surface area contributed by atoms with Gasteiger partial charge >= 0.3 is 11.9 Å². The molecule has 0 amide bonds. The second-order valence-corrected chi connectivity index (χ2v) is 8.26. The lowest BCUT2D eigenvalue weighted by Crippen LogP contribution is -2.56. The second-order valence-electron chi connectivity index (χ2n) is 8.26. The highest BCUT2D eigenvalue weighted by molar-refractivity contribution is 5.84. The molecule has 1 atom stereocenters. The molecule has 0 fully saturated rings. The summed E-state index contributed by atoms with van der Waals surface area (Å²) in [6, 6.07) is 33.5. The summed E-state index contributed by atoms with van der Waals surface area (Å²) < 4.78 is 12.7. The van der Waals surface area contributed by atoms with Gasteiger partial charge in [0.05, 0.1) is 0 Å². The minimum atomic E-state index is -1.77. The van der Waals surface area contributed by atoms with Gasteiger partial charge in [-0.15, -0.1) is 0 Å². The Morgan fingerprint density at radius 1 is 0.541 bits per heavy atom. The van der Waals surface area contributed by atoms with Crippen LogP contribution < -0.4 is 0 Å². The number of aromatic hydroxyl groups is 1. The van der Waals surface area contributed by atoms with Crippen LogP contribution in [0.4, 0.5) is 0 Å². The van der Waals surface area contributed by atoms with E-state index in [1.54, 1.807) is 24.3 Å². The molecule has 184 valence electrons. The normalized spacial score (nSPS) is 12.5. The maximum Gasteiger partial charge on any atom is 0.331 e. The number of phenols is 1. The molecule has 1 N–H and O–H groups in total. The smallest absolute Gasteiger partial charge is 0.331 e. The van der Waals surface area contributed by atoms with Crippen LogP contribution in [0.3, 0.4) is 0 Å². The summed E-state index contributed by atoms with van der Waals surface area (Å²) in [5, 5.41) is 10.1. The van der Waals surface area contributed by atoms with Crippen LogP contribution in [0.25, 0.3) is 0 Å². The molecule has 0 radical (unpaired) electrons. The number of carbonyl (C=O) groups is 2. The van der Waals surface area contributed by atoms with E-state index in [1.807, 2.05) is 78.9 Å². The Morgan fingerprint density at radius 2 is 0.838 bits per heavy atom. The summed E-state index contributed by atoms with van der Waals surface area (Å²) in [6.07, 6.45) is 2.14. The van der Waals surface area contributed by atoms with Gasteiger partial charge in [0.2, 0.25) is 11.2 Å². The van der Waals surface area contributed by atoms with Gasteiger partial charge in [-0.25, -0.2) is 9.59 Å². The average molecular weight is 491 g/mol. The Labute approximate surface area is 215 Å². The SMILES string of the molecule is C=CC(=O)OC(c1ccccc1)(c1ccccc1)C(OC(=O)C=C)(c1ccccc1)c1ccc(O)cc1. The third-order valence-corrected chi connectivity index (χ3v) is 6.15. The molecule has 0 aliphatic carbocycles. The van der Waals surface area contributed by atoms with Crippen LogP contribution in [0.1, 0.15) is 22.3 Å². The zero-order chi connectivity index (χ0) is 26.3.